The van der Waals surface area contributed by atoms with E-state index >= 15 is 0 Å². The molecule has 1 fully saturated rings. The van der Waals surface area contributed by atoms with Gasteiger partial charge in [-0.15, -0.1) is 10.2 Å². The molecular weight excluding hydrogens is 254 g/mol. The molecule has 2 rings (SSSR count). The highest BCUT2D eigenvalue weighted by atomic mass is 16.2. The van der Waals surface area contributed by atoms with E-state index in [1.54, 1.807) is 20.2 Å². The molecule has 0 unspecified atom stereocenters. The lowest BCUT2D eigenvalue weighted by atomic mass is 9.75. The van der Waals surface area contributed by atoms with Crippen molar-refractivity contribution in [2.75, 3.05) is 40.1 Å². The van der Waals surface area contributed by atoms with E-state index < -0.39 is 0 Å². The summed E-state index contributed by atoms with van der Waals surface area (Å²) < 4.78 is 0. The SMILES string of the molecule is CN(C)C(=O)c1ccc(NCC2(N(C)C)CCC2)nn1. The number of amides is 1. The van der Waals surface area contributed by atoms with Crippen LogP contribution in [0.25, 0.3) is 0 Å². The van der Waals surface area contributed by atoms with Crippen molar-refractivity contribution >= 4 is 11.7 Å². The number of nitrogens with zero attached hydrogens (tertiary/aromatic N) is 4. The van der Waals surface area contributed by atoms with Gasteiger partial charge in [-0.3, -0.25) is 4.79 Å². The van der Waals surface area contributed by atoms with Crippen LogP contribution in [0.2, 0.25) is 0 Å². The highest BCUT2D eigenvalue weighted by Crippen LogP contribution is 2.36. The van der Waals surface area contributed by atoms with Crippen LogP contribution in [-0.2, 0) is 0 Å². The third kappa shape index (κ3) is 2.90. The van der Waals surface area contributed by atoms with Crippen LogP contribution in [0.4, 0.5) is 5.82 Å². The maximum absolute atomic E-state index is 11.7. The lowest BCUT2D eigenvalue weighted by Crippen LogP contribution is -2.54. The van der Waals surface area contributed by atoms with E-state index in [1.807, 2.05) is 6.07 Å². The second-order valence-corrected chi connectivity index (χ2v) is 5.83. The average molecular weight is 277 g/mol. The highest BCUT2D eigenvalue weighted by Gasteiger charge is 2.38. The molecule has 0 atom stereocenters. The van der Waals surface area contributed by atoms with Crippen molar-refractivity contribution < 1.29 is 4.79 Å². The Balaban J connectivity index is 1.96. The Morgan fingerprint density at radius 2 is 1.95 bits per heavy atom. The molecule has 0 radical (unpaired) electrons. The lowest BCUT2D eigenvalue weighted by molar-refractivity contribution is 0.0738. The Labute approximate surface area is 120 Å². The fourth-order valence-electron chi connectivity index (χ4n) is 2.39. The molecule has 1 aromatic rings. The van der Waals surface area contributed by atoms with E-state index in [9.17, 15) is 4.79 Å². The Morgan fingerprint density at radius 1 is 1.25 bits per heavy atom. The molecule has 1 aromatic heterocycles. The maximum Gasteiger partial charge on any atom is 0.273 e. The van der Waals surface area contributed by atoms with Crippen molar-refractivity contribution in [1.29, 1.82) is 0 Å². The molecule has 110 valence electrons. The van der Waals surface area contributed by atoms with Crippen molar-refractivity contribution in [2.24, 2.45) is 0 Å². The number of carbonyl (C=O) groups is 1. The summed E-state index contributed by atoms with van der Waals surface area (Å²) in [6.07, 6.45) is 3.69. The topological polar surface area (TPSA) is 61.4 Å². The first kappa shape index (κ1) is 14.7. The molecule has 0 bridgehead atoms. The first-order valence-corrected chi connectivity index (χ1v) is 6.91. The Hall–Kier alpha value is -1.69. The quantitative estimate of drug-likeness (QED) is 0.872. The summed E-state index contributed by atoms with van der Waals surface area (Å²) in [6, 6.07) is 3.52. The molecule has 1 aliphatic rings. The largest absolute Gasteiger partial charge is 0.367 e. The minimum absolute atomic E-state index is 0.132. The average Bonchev–Trinajstić information content (AvgIpc) is 2.36. The monoisotopic (exact) mass is 277 g/mol. The normalized spacial score (nSPS) is 16.6. The zero-order valence-corrected chi connectivity index (χ0v) is 12.7. The molecule has 1 amide bonds. The summed E-state index contributed by atoms with van der Waals surface area (Å²) in [5.74, 6) is 0.584. The molecule has 0 saturated heterocycles. The van der Waals surface area contributed by atoms with Crippen LogP contribution in [0.5, 0.6) is 0 Å². The van der Waals surface area contributed by atoms with Gasteiger partial charge in [-0.25, -0.2) is 0 Å². The van der Waals surface area contributed by atoms with E-state index in [2.05, 4.69) is 34.5 Å². The number of rotatable bonds is 5. The summed E-state index contributed by atoms with van der Waals surface area (Å²) in [5, 5.41) is 11.4. The number of hydrogen-bond acceptors (Lipinski definition) is 5. The van der Waals surface area contributed by atoms with Crippen LogP contribution in [0.3, 0.4) is 0 Å². The maximum atomic E-state index is 11.7. The van der Waals surface area contributed by atoms with E-state index in [1.165, 1.54) is 24.2 Å². The fraction of sp³-hybridized carbons (Fsp3) is 0.643. The molecule has 0 aliphatic heterocycles. The lowest BCUT2D eigenvalue weighted by Gasteiger charge is -2.47. The number of nitrogens with one attached hydrogen (secondary N) is 1. The standard InChI is InChI=1S/C14H23N5O/c1-18(2)13(20)11-6-7-12(17-16-11)15-10-14(19(3)4)8-5-9-14/h6-7H,5,8-10H2,1-4H3,(H,15,17). The first-order chi connectivity index (χ1) is 9.44. The van der Waals surface area contributed by atoms with Gasteiger partial charge in [-0.1, -0.05) is 0 Å². The third-order valence-corrected chi connectivity index (χ3v) is 4.12. The summed E-state index contributed by atoms with van der Waals surface area (Å²) in [7, 11) is 7.64. The Kier molecular flexibility index (Phi) is 4.23. The molecule has 20 heavy (non-hydrogen) atoms. The van der Waals surface area contributed by atoms with Crippen molar-refractivity contribution in [2.45, 2.75) is 24.8 Å². The van der Waals surface area contributed by atoms with Gasteiger partial charge >= 0.3 is 0 Å². The summed E-state index contributed by atoms with van der Waals surface area (Å²) in [5.41, 5.74) is 0.603. The molecule has 0 aromatic carbocycles. The van der Waals surface area contributed by atoms with Crippen molar-refractivity contribution in [3.63, 3.8) is 0 Å². The summed E-state index contributed by atoms with van der Waals surface area (Å²) in [4.78, 5) is 15.5. The zero-order chi connectivity index (χ0) is 14.8. The second-order valence-electron chi connectivity index (χ2n) is 5.83. The van der Waals surface area contributed by atoms with Crippen LogP contribution < -0.4 is 5.32 Å². The Bertz CT molecular complexity index is 465. The van der Waals surface area contributed by atoms with Crippen molar-refractivity contribution in [3.8, 4) is 0 Å². The highest BCUT2D eigenvalue weighted by molar-refractivity contribution is 5.91. The van der Waals surface area contributed by atoms with Gasteiger partial charge in [0.25, 0.3) is 5.91 Å². The van der Waals surface area contributed by atoms with Gasteiger partial charge in [0.2, 0.25) is 0 Å². The van der Waals surface area contributed by atoms with Crippen LogP contribution >= 0.6 is 0 Å². The fourth-order valence-corrected chi connectivity index (χ4v) is 2.39. The number of carbonyl (C=O) groups excluding carboxylic acids is 1. The van der Waals surface area contributed by atoms with Crippen LogP contribution in [-0.4, -0.2) is 66.2 Å². The molecule has 1 N–H and O–H groups in total. The van der Waals surface area contributed by atoms with Crippen LogP contribution in [0.1, 0.15) is 29.8 Å². The van der Waals surface area contributed by atoms with Gasteiger partial charge in [0.15, 0.2) is 5.69 Å². The molecule has 1 saturated carbocycles. The number of anilines is 1. The number of aromatic nitrogens is 2. The minimum atomic E-state index is -0.132. The van der Waals surface area contributed by atoms with E-state index in [-0.39, 0.29) is 11.4 Å². The van der Waals surface area contributed by atoms with Gasteiger partial charge in [0, 0.05) is 26.2 Å². The molecule has 0 spiro atoms. The molecule has 1 heterocycles. The summed E-state index contributed by atoms with van der Waals surface area (Å²) in [6.45, 7) is 0.857. The molecular formula is C14H23N5O. The molecule has 6 heteroatoms. The third-order valence-electron chi connectivity index (χ3n) is 4.12. The van der Waals surface area contributed by atoms with Gasteiger partial charge in [-0.2, -0.15) is 0 Å². The molecule has 6 nitrogen and oxygen atoms in total. The van der Waals surface area contributed by atoms with Crippen molar-refractivity contribution in [3.05, 3.63) is 17.8 Å². The predicted molar refractivity (Wildman–Crippen MR) is 78.8 cm³/mol. The van der Waals surface area contributed by atoms with Crippen LogP contribution in [0, 0.1) is 0 Å². The van der Waals surface area contributed by atoms with Gasteiger partial charge in [-0.05, 0) is 45.5 Å². The Morgan fingerprint density at radius 3 is 2.35 bits per heavy atom. The van der Waals surface area contributed by atoms with Crippen LogP contribution in [0.15, 0.2) is 12.1 Å². The predicted octanol–water partition coefficient (Wildman–Crippen LogP) is 1.07. The van der Waals surface area contributed by atoms with Gasteiger partial charge in [0.05, 0.1) is 0 Å². The first-order valence-electron chi connectivity index (χ1n) is 6.91. The smallest absolute Gasteiger partial charge is 0.273 e. The minimum Gasteiger partial charge on any atom is -0.367 e. The van der Waals surface area contributed by atoms with E-state index in [0.29, 0.717) is 11.5 Å². The van der Waals surface area contributed by atoms with Gasteiger partial charge in [0.1, 0.15) is 5.82 Å². The van der Waals surface area contributed by atoms with E-state index in [4.69, 9.17) is 0 Å². The zero-order valence-electron chi connectivity index (χ0n) is 12.7. The number of hydrogen-bond donors (Lipinski definition) is 1. The van der Waals surface area contributed by atoms with E-state index in [0.717, 1.165) is 6.54 Å². The second kappa shape index (κ2) is 5.75. The van der Waals surface area contributed by atoms with Gasteiger partial charge < -0.3 is 15.1 Å². The summed E-state index contributed by atoms with van der Waals surface area (Å²) >= 11 is 0. The number of likely N-dealkylation sites (N-methyl/N-ethyl adjacent to an activating group) is 1. The molecule has 1 aliphatic carbocycles. The van der Waals surface area contributed by atoms with Crippen molar-refractivity contribution in [1.82, 2.24) is 20.0 Å².